The summed E-state index contributed by atoms with van der Waals surface area (Å²) >= 11 is 0. The number of nitrogens with zero attached hydrogens (tertiary/aromatic N) is 1. The molecule has 0 radical (unpaired) electrons. The zero-order valence-electron chi connectivity index (χ0n) is 9.76. The molecule has 3 nitrogen and oxygen atoms in total. The molecule has 1 unspecified atom stereocenters. The highest BCUT2D eigenvalue weighted by Crippen LogP contribution is 2.15. The summed E-state index contributed by atoms with van der Waals surface area (Å²) < 4.78 is 0. The van der Waals surface area contributed by atoms with E-state index in [1.807, 2.05) is 4.90 Å². The number of hydrogen-bond donors (Lipinski definition) is 1. The molecule has 0 aromatic heterocycles. The fraction of sp³-hybridized carbons (Fsp3) is 0.909. The second-order valence-corrected chi connectivity index (χ2v) is 4.84. The number of carbonyl (C=O) groups excluding carboxylic acids is 1. The Hall–Kier alpha value is -0.570. The topological polar surface area (TPSA) is 32.3 Å². The Morgan fingerprint density at radius 3 is 2.79 bits per heavy atom. The van der Waals surface area contributed by atoms with Crippen LogP contribution in [-0.2, 0) is 4.79 Å². The van der Waals surface area contributed by atoms with Gasteiger partial charge in [-0.3, -0.25) is 4.79 Å². The molecule has 0 aromatic carbocycles. The van der Waals surface area contributed by atoms with Crippen LogP contribution in [0.1, 0.15) is 40.5 Å². The maximum absolute atomic E-state index is 11.8. The van der Waals surface area contributed by atoms with E-state index < -0.39 is 0 Å². The second kappa shape index (κ2) is 4.30. The molecule has 1 atom stereocenters. The molecule has 1 aliphatic rings. The van der Waals surface area contributed by atoms with Gasteiger partial charge in [0.15, 0.2) is 0 Å². The molecule has 1 fully saturated rings. The van der Waals surface area contributed by atoms with Gasteiger partial charge in [-0.2, -0.15) is 0 Å². The average molecular weight is 198 g/mol. The van der Waals surface area contributed by atoms with Crippen LogP contribution in [0.15, 0.2) is 0 Å². The SMILES string of the molecule is CCC(C)N1CC(C)(C)NCCC1=O. The fourth-order valence-corrected chi connectivity index (χ4v) is 1.84. The molecule has 0 aromatic rings. The third-order valence-corrected chi connectivity index (χ3v) is 2.95. The van der Waals surface area contributed by atoms with Crippen LogP contribution in [0, 0.1) is 0 Å². The predicted molar refractivity (Wildman–Crippen MR) is 58.2 cm³/mol. The summed E-state index contributed by atoms with van der Waals surface area (Å²) in [5.74, 6) is 0.289. The van der Waals surface area contributed by atoms with E-state index >= 15 is 0 Å². The summed E-state index contributed by atoms with van der Waals surface area (Å²) in [6.07, 6.45) is 1.66. The highest BCUT2D eigenvalue weighted by Gasteiger charge is 2.29. The molecule has 14 heavy (non-hydrogen) atoms. The Kier molecular flexibility index (Phi) is 3.53. The molecule has 82 valence electrons. The second-order valence-electron chi connectivity index (χ2n) is 4.84. The van der Waals surface area contributed by atoms with Gasteiger partial charge in [-0.15, -0.1) is 0 Å². The largest absolute Gasteiger partial charge is 0.338 e. The van der Waals surface area contributed by atoms with Gasteiger partial charge >= 0.3 is 0 Å². The quantitative estimate of drug-likeness (QED) is 0.727. The lowest BCUT2D eigenvalue weighted by Crippen LogP contribution is -2.49. The van der Waals surface area contributed by atoms with Crippen molar-refractivity contribution < 1.29 is 4.79 Å². The first kappa shape index (κ1) is 11.5. The molecule has 1 heterocycles. The van der Waals surface area contributed by atoms with Crippen LogP contribution in [0.4, 0.5) is 0 Å². The lowest BCUT2D eigenvalue weighted by molar-refractivity contribution is -0.132. The number of rotatable bonds is 2. The van der Waals surface area contributed by atoms with Crippen molar-refractivity contribution in [3.05, 3.63) is 0 Å². The monoisotopic (exact) mass is 198 g/mol. The highest BCUT2D eigenvalue weighted by molar-refractivity contribution is 5.77. The van der Waals surface area contributed by atoms with Crippen molar-refractivity contribution in [1.82, 2.24) is 10.2 Å². The summed E-state index contributed by atoms with van der Waals surface area (Å²) in [6, 6.07) is 0.363. The van der Waals surface area contributed by atoms with Gasteiger partial charge in [0.1, 0.15) is 0 Å². The molecule has 3 heteroatoms. The maximum atomic E-state index is 11.8. The van der Waals surface area contributed by atoms with E-state index in [1.165, 1.54) is 0 Å². The first-order valence-corrected chi connectivity index (χ1v) is 5.51. The van der Waals surface area contributed by atoms with Gasteiger partial charge in [0.25, 0.3) is 0 Å². The smallest absolute Gasteiger partial charge is 0.224 e. The normalized spacial score (nSPS) is 24.6. The van der Waals surface area contributed by atoms with Crippen molar-refractivity contribution in [2.45, 2.75) is 52.1 Å². The minimum atomic E-state index is 0.0512. The van der Waals surface area contributed by atoms with E-state index in [1.54, 1.807) is 0 Å². The Labute approximate surface area is 86.9 Å². The number of hydrogen-bond acceptors (Lipinski definition) is 2. The van der Waals surface area contributed by atoms with Crippen LogP contribution in [0.5, 0.6) is 0 Å². The van der Waals surface area contributed by atoms with E-state index in [4.69, 9.17) is 0 Å². The molecule has 1 rings (SSSR count). The van der Waals surface area contributed by atoms with Gasteiger partial charge < -0.3 is 10.2 Å². The van der Waals surface area contributed by atoms with E-state index in [-0.39, 0.29) is 11.4 Å². The van der Waals surface area contributed by atoms with Crippen LogP contribution >= 0.6 is 0 Å². The third kappa shape index (κ3) is 2.71. The molecule has 0 bridgehead atoms. The Balaban J connectivity index is 2.73. The number of amides is 1. The Morgan fingerprint density at radius 2 is 2.21 bits per heavy atom. The molecule has 1 amide bonds. The summed E-state index contributed by atoms with van der Waals surface area (Å²) in [5.41, 5.74) is 0.0512. The fourth-order valence-electron chi connectivity index (χ4n) is 1.84. The maximum Gasteiger partial charge on any atom is 0.224 e. The van der Waals surface area contributed by atoms with Gasteiger partial charge in [-0.1, -0.05) is 6.92 Å². The van der Waals surface area contributed by atoms with Crippen LogP contribution in [0.3, 0.4) is 0 Å². The molecule has 1 N–H and O–H groups in total. The summed E-state index contributed by atoms with van der Waals surface area (Å²) in [7, 11) is 0. The van der Waals surface area contributed by atoms with Crippen molar-refractivity contribution in [3.8, 4) is 0 Å². The van der Waals surface area contributed by atoms with E-state index in [9.17, 15) is 4.79 Å². The van der Waals surface area contributed by atoms with Gasteiger partial charge in [-0.25, -0.2) is 0 Å². The van der Waals surface area contributed by atoms with Crippen LogP contribution in [-0.4, -0.2) is 35.5 Å². The van der Waals surface area contributed by atoms with Crippen molar-refractivity contribution in [3.63, 3.8) is 0 Å². The molecular formula is C11H22N2O. The summed E-state index contributed by atoms with van der Waals surface area (Å²) in [4.78, 5) is 13.8. The highest BCUT2D eigenvalue weighted by atomic mass is 16.2. The molecular weight excluding hydrogens is 176 g/mol. The van der Waals surface area contributed by atoms with Gasteiger partial charge in [0.2, 0.25) is 5.91 Å². The summed E-state index contributed by atoms with van der Waals surface area (Å²) in [5, 5.41) is 3.40. The predicted octanol–water partition coefficient (Wildman–Crippen LogP) is 1.39. The van der Waals surface area contributed by atoms with E-state index in [0.29, 0.717) is 12.5 Å². The van der Waals surface area contributed by atoms with Gasteiger partial charge in [0, 0.05) is 31.1 Å². The number of nitrogens with one attached hydrogen (secondary N) is 1. The first-order chi connectivity index (χ1) is 6.46. The Bertz CT molecular complexity index is 213. The van der Waals surface area contributed by atoms with E-state index in [0.717, 1.165) is 19.5 Å². The van der Waals surface area contributed by atoms with Gasteiger partial charge in [0.05, 0.1) is 0 Å². The molecule has 0 saturated carbocycles. The number of carbonyl (C=O) groups is 1. The van der Waals surface area contributed by atoms with Crippen molar-refractivity contribution in [2.75, 3.05) is 13.1 Å². The van der Waals surface area contributed by atoms with Crippen LogP contribution < -0.4 is 5.32 Å². The van der Waals surface area contributed by atoms with Crippen LogP contribution in [0.2, 0.25) is 0 Å². The first-order valence-electron chi connectivity index (χ1n) is 5.51. The van der Waals surface area contributed by atoms with E-state index in [2.05, 4.69) is 33.0 Å². The minimum Gasteiger partial charge on any atom is -0.338 e. The lowest BCUT2D eigenvalue weighted by atomic mass is 10.0. The molecule has 1 aliphatic heterocycles. The zero-order chi connectivity index (χ0) is 10.8. The van der Waals surface area contributed by atoms with Gasteiger partial charge in [-0.05, 0) is 27.2 Å². The third-order valence-electron chi connectivity index (χ3n) is 2.95. The van der Waals surface area contributed by atoms with Crippen molar-refractivity contribution >= 4 is 5.91 Å². The minimum absolute atomic E-state index is 0.0512. The van der Waals surface area contributed by atoms with Crippen LogP contribution in [0.25, 0.3) is 0 Å². The summed E-state index contributed by atoms with van der Waals surface area (Å²) in [6.45, 7) is 10.2. The molecule has 1 saturated heterocycles. The van der Waals surface area contributed by atoms with Crippen molar-refractivity contribution in [1.29, 1.82) is 0 Å². The van der Waals surface area contributed by atoms with Crippen molar-refractivity contribution in [2.24, 2.45) is 0 Å². The standard InChI is InChI=1S/C11H22N2O/c1-5-9(2)13-8-11(3,4)12-7-6-10(13)14/h9,12H,5-8H2,1-4H3. The Morgan fingerprint density at radius 1 is 1.57 bits per heavy atom. The molecule has 0 aliphatic carbocycles. The molecule has 0 spiro atoms. The zero-order valence-corrected chi connectivity index (χ0v) is 9.76. The average Bonchev–Trinajstić information content (AvgIpc) is 2.24. The lowest BCUT2D eigenvalue weighted by Gasteiger charge is -2.33.